The highest BCUT2D eigenvalue weighted by Gasteiger charge is 2.16. The standard InChI is InChI=1S/C16H15N5/c1-12-5-6-13(17)10-15(12)21(14-4-2-7-18-11-14)16-19-8-3-9-20-16/h2-11H,17H2,1H3. The van der Waals surface area contributed by atoms with Gasteiger partial charge < -0.3 is 5.73 Å². The number of benzene rings is 1. The van der Waals surface area contributed by atoms with Crippen molar-refractivity contribution in [2.24, 2.45) is 0 Å². The Bertz CT molecular complexity index is 689. The van der Waals surface area contributed by atoms with Crippen molar-refractivity contribution >= 4 is 23.0 Å². The molecular weight excluding hydrogens is 262 g/mol. The van der Waals surface area contributed by atoms with Gasteiger partial charge in [-0.3, -0.25) is 9.88 Å². The van der Waals surface area contributed by atoms with Crippen LogP contribution in [0.3, 0.4) is 0 Å². The van der Waals surface area contributed by atoms with Gasteiger partial charge in [-0.2, -0.15) is 0 Å². The van der Waals surface area contributed by atoms with E-state index in [9.17, 15) is 0 Å². The number of hydrogen-bond donors (Lipinski definition) is 1. The lowest BCUT2D eigenvalue weighted by atomic mass is 10.1. The fraction of sp³-hybridized carbons (Fsp3) is 0.0625. The van der Waals surface area contributed by atoms with Crippen molar-refractivity contribution in [1.82, 2.24) is 15.0 Å². The van der Waals surface area contributed by atoms with Crippen LogP contribution in [0.25, 0.3) is 0 Å². The zero-order chi connectivity index (χ0) is 14.7. The molecule has 1 aromatic carbocycles. The summed E-state index contributed by atoms with van der Waals surface area (Å²) in [6.45, 7) is 2.03. The summed E-state index contributed by atoms with van der Waals surface area (Å²) in [5, 5.41) is 0. The van der Waals surface area contributed by atoms with E-state index in [0.29, 0.717) is 11.6 Å². The Morgan fingerprint density at radius 2 is 1.81 bits per heavy atom. The lowest BCUT2D eigenvalue weighted by Crippen LogP contribution is -2.14. The molecule has 2 N–H and O–H groups in total. The maximum absolute atomic E-state index is 5.94. The van der Waals surface area contributed by atoms with Crippen LogP contribution in [0.2, 0.25) is 0 Å². The van der Waals surface area contributed by atoms with Crippen molar-refractivity contribution < 1.29 is 0 Å². The number of pyridine rings is 1. The average Bonchev–Trinajstić information content (AvgIpc) is 2.53. The van der Waals surface area contributed by atoms with E-state index in [1.165, 1.54) is 0 Å². The second-order valence-electron chi connectivity index (χ2n) is 4.64. The van der Waals surface area contributed by atoms with Gasteiger partial charge in [0.1, 0.15) is 0 Å². The summed E-state index contributed by atoms with van der Waals surface area (Å²) in [6.07, 6.45) is 6.94. The molecule has 0 aliphatic rings. The molecule has 0 radical (unpaired) electrons. The summed E-state index contributed by atoms with van der Waals surface area (Å²) < 4.78 is 0. The molecule has 0 amide bonds. The summed E-state index contributed by atoms with van der Waals surface area (Å²) in [5.41, 5.74) is 9.54. The Balaban J connectivity index is 2.20. The zero-order valence-electron chi connectivity index (χ0n) is 11.6. The largest absolute Gasteiger partial charge is 0.399 e. The van der Waals surface area contributed by atoms with Crippen LogP contribution in [-0.4, -0.2) is 15.0 Å². The number of aryl methyl sites for hydroxylation is 1. The SMILES string of the molecule is Cc1ccc(N)cc1N(c1cccnc1)c1ncccn1. The van der Waals surface area contributed by atoms with Crippen molar-refractivity contribution in [1.29, 1.82) is 0 Å². The number of nitrogens with two attached hydrogens (primary N) is 1. The smallest absolute Gasteiger partial charge is 0.234 e. The summed E-state index contributed by atoms with van der Waals surface area (Å²) in [4.78, 5) is 14.8. The molecular formula is C16H15N5. The van der Waals surface area contributed by atoms with Crippen molar-refractivity contribution in [3.63, 3.8) is 0 Å². The average molecular weight is 277 g/mol. The second kappa shape index (κ2) is 5.58. The van der Waals surface area contributed by atoms with Gasteiger partial charge in [0.15, 0.2) is 0 Å². The molecule has 0 unspecified atom stereocenters. The van der Waals surface area contributed by atoms with Crippen LogP contribution in [0.4, 0.5) is 23.0 Å². The number of rotatable bonds is 3. The number of anilines is 4. The Hall–Kier alpha value is -2.95. The normalized spacial score (nSPS) is 10.3. The highest BCUT2D eigenvalue weighted by atomic mass is 15.3. The van der Waals surface area contributed by atoms with Crippen LogP contribution in [0, 0.1) is 6.92 Å². The molecule has 0 atom stereocenters. The third-order valence-electron chi connectivity index (χ3n) is 3.13. The predicted octanol–water partition coefficient (Wildman–Crippen LogP) is 3.23. The molecule has 2 aromatic heterocycles. The van der Waals surface area contributed by atoms with E-state index < -0.39 is 0 Å². The van der Waals surface area contributed by atoms with E-state index in [1.54, 1.807) is 30.9 Å². The number of nitrogen functional groups attached to an aromatic ring is 1. The first-order valence-corrected chi connectivity index (χ1v) is 6.59. The molecule has 0 aliphatic heterocycles. The first-order chi connectivity index (χ1) is 10.3. The Morgan fingerprint density at radius 3 is 2.52 bits per heavy atom. The summed E-state index contributed by atoms with van der Waals surface area (Å²) in [7, 11) is 0. The molecule has 0 fully saturated rings. The molecule has 0 saturated heterocycles. The van der Waals surface area contributed by atoms with Crippen LogP contribution in [-0.2, 0) is 0 Å². The molecule has 5 heteroatoms. The van der Waals surface area contributed by atoms with Crippen LogP contribution in [0.5, 0.6) is 0 Å². The number of nitrogens with zero attached hydrogens (tertiary/aromatic N) is 4. The van der Waals surface area contributed by atoms with Crippen LogP contribution in [0.1, 0.15) is 5.56 Å². The van der Waals surface area contributed by atoms with Crippen molar-refractivity contribution in [3.05, 3.63) is 66.7 Å². The fourth-order valence-corrected chi connectivity index (χ4v) is 2.12. The van der Waals surface area contributed by atoms with Gasteiger partial charge in [-0.15, -0.1) is 0 Å². The minimum atomic E-state index is 0.583. The van der Waals surface area contributed by atoms with Gasteiger partial charge in [0.25, 0.3) is 0 Å². The molecule has 104 valence electrons. The van der Waals surface area contributed by atoms with E-state index in [-0.39, 0.29) is 0 Å². The first kappa shape index (κ1) is 13.1. The monoisotopic (exact) mass is 277 g/mol. The Morgan fingerprint density at radius 1 is 1.00 bits per heavy atom. The maximum atomic E-state index is 5.94. The van der Waals surface area contributed by atoms with E-state index in [2.05, 4.69) is 15.0 Å². The summed E-state index contributed by atoms with van der Waals surface area (Å²) in [6, 6.07) is 11.4. The van der Waals surface area contributed by atoms with E-state index in [0.717, 1.165) is 16.9 Å². The second-order valence-corrected chi connectivity index (χ2v) is 4.64. The van der Waals surface area contributed by atoms with Crippen molar-refractivity contribution in [3.8, 4) is 0 Å². The maximum Gasteiger partial charge on any atom is 0.234 e. The number of aromatic nitrogens is 3. The van der Waals surface area contributed by atoms with E-state index >= 15 is 0 Å². The van der Waals surface area contributed by atoms with Crippen LogP contribution >= 0.6 is 0 Å². The quantitative estimate of drug-likeness (QED) is 0.744. The van der Waals surface area contributed by atoms with Crippen molar-refractivity contribution in [2.45, 2.75) is 6.92 Å². The van der Waals surface area contributed by atoms with Gasteiger partial charge in [0.2, 0.25) is 5.95 Å². The Labute approximate surface area is 123 Å². The highest BCUT2D eigenvalue weighted by molar-refractivity contribution is 5.76. The van der Waals surface area contributed by atoms with Crippen molar-refractivity contribution in [2.75, 3.05) is 10.6 Å². The van der Waals surface area contributed by atoms with Gasteiger partial charge in [0.05, 0.1) is 17.6 Å². The molecule has 0 spiro atoms. The lowest BCUT2D eigenvalue weighted by molar-refractivity contribution is 1.07. The van der Waals surface area contributed by atoms with Crippen LogP contribution in [0.15, 0.2) is 61.2 Å². The third-order valence-corrected chi connectivity index (χ3v) is 3.13. The molecule has 0 aliphatic carbocycles. The lowest BCUT2D eigenvalue weighted by Gasteiger charge is -2.24. The molecule has 3 rings (SSSR count). The number of hydrogen-bond acceptors (Lipinski definition) is 5. The predicted molar refractivity (Wildman–Crippen MR) is 83.7 cm³/mol. The van der Waals surface area contributed by atoms with Gasteiger partial charge in [-0.1, -0.05) is 6.07 Å². The van der Waals surface area contributed by atoms with Gasteiger partial charge in [-0.25, -0.2) is 9.97 Å². The van der Waals surface area contributed by atoms with Crippen LogP contribution < -0.4 is 10.6 Å². The first-order valence-electron chi connectivity index (χ1n) is 6.59. The minimum absolute atomic E-state index is 0.583. The molecule has 0 bridgehead atoms. The Kier molecular flexibility index (Phi) is 3.47. The van der Waals surface area contributed by atoms with Gasteiger partial charge in [0, 0.05) is 24.3 Å². The summed E-state index contributed by atoms with van der Waals surface area (Å²) in [5.74, 6) is 0.583. The van der Waals surface area contributed by atoms with Gasteiger partial charge >= 0.3 is 0 Å². The topological polar surface area (TPSA) is 67.9 Å². The molecule has 2 heterocycles. The molecule has 3 aromatic rings. The molecule has 5 nitrogen and oxygen atoms in total. The highest BCUT2D eigenvalue weighted by Crippen LogP contribution is 2.34. The van der Waals surface area contributed by atoms with E-state index in [1.807, 2.05) is 42.2 Å². The zero-order valence-corrected chi connectivity index (χ0v) is 11.6. The third kappa shape index (κ3) is 2.67. The minimum Gasteiger partial charge on any atom is -0.399 e. The fourth-order valence-electron chi connectivity index (χ4n) is 2.12. The molecule has 0 saturated carbocycles. The summed E-state index contributed by atoms with van der Waals surface area (Å²) >= 11 is 0. The van der Waals surface area contributed by atoms with Gasteiger partial charge in [-0.05, 0) is 42.8 Å². The molecule has 21 heavy (non-hydrogen) atoms. The van der Waals surface area contributed by atoms with E-state index in [4.69, 9.17) is 5.73 Å².